The Morgan fingerprint density at radius 1 is 1.16 bits per heavy atom. The second-order valence-corrected chi connectivity index (χ2v) is 4.96. The molecule has 0 unspecified atom stereocenters. The van der Waals surface area contributed by atoms with Crippen LogP contribution in [-0.4, -0.2) is 9.38 Å². The highest BCUT2D eigenvalue weighted by Crippen LogP contribution is 2.26. The van der Waals surface area contributed by atoms with Gasteiger partial charge in [-0.05, 0) is 37.1 Å². The molecule has 0 saturated carbocycles. The molecule has 0 amide bonds. The zero-order chi connectivity index (χ0) is 13.4. The van der Waals surface area contributed by atoms with E-state index >= 15 is 0 Å². The maximum Gasteiger partial charge on any atom is 0.0994 e. The summed E-state index contributed by atoms with van der Waals surface area (Å²) in [6, 6.07) is 10.7. The topological polar surface area (TPSA) is 43.3 Å². The highest BCUT2D eigenvalue weighted by Gasteiger charge is 2.06. The second kappa shape index (κ2) is 4.52. The number of rotatable bonds is 2. The first-order chi connectivity index (χ1) is 9.17. The van der Waals surface area contributed by atoms with Crippen molar-refractivity contribution in [3.05, 3.63) is 59.7 Å². The van der Waals surface area contributed by atoms with Crippen LogP contribution in [0.5, 0.6) is 0 Å². The number of benzene rings is 1. The van der Waals surface area contributed by atoms with Crippen molar-refractivity contribution < 1.29 is 0 Å². The van der Waals surface area contributed by atoms with Crippen LogP contribution < -0.4 is 5.73 Å². The lowest BCUT2D eigenvalue weighted by Gasteiger charge is -2.04. The summed E-state index contributed by atoms with van der Waals surface area (Å²) in [5.41, 5.74) is 12.7. The number of aromatic nitrogens is 2. The number of hydrogen-bond acceptors (Lipinski definition) is 2. The highest BCUT2D eigenvalue weighted by molar-refractivity contribution is 5.73. The molecule has 0 spiro atoms. The van der Waals surface area contributed by atoms with Gasteiger partial charge in [-0.15, -0.1) is 0 Å². The van der Waals surface area contributed by atoms with E-state index in [1.807, 2.05) is 16.8 Å². The van der Waals surface area contributed by atoms with Gasteiger partial charge in [-0.3, -0.25) is 0 Å². The van der Waals surface area contributed by atoms with E-state index in [4.69, 9.17) is 5.73 Å². The third-order valence-electron chi connectivity index (χ3n) is 3.44. The van der Waals surface area contributed by atoms with Gasteiger partial charge in [0, 0.05) is 23.8 Å². The molecule has 0 fully saturated rings. The van der Waals surface area contributed by atoms with Gasteiger partial charge in [0.15, 0.2) is 0 Å². The summed E-state index contributed by atoms with van der Waals surface area (Å²) in [7, 11) is 0. The molecule has 0 radical (unpaired) electrons. The average Bonchev–Trinajstić information content (AvgIpc) is 2.80. The van der Waals surface area contributed by atoms with Crippen molar-refractivity contribution >= 4 is 5.52 Å². The second-order valence-electron chi connectivity index (χ2n) is 4.96. The summed E-state index contributed by atoms with van der Waals surface area (Å²) >= 11 is 0. The van der Waals surface area contributed by atoms with Crippen LogP contribution in [0.2, 0.25) is 0 Å². The Balaban J connectivity index is 2.14. The first-order valence-electron chi connectivity index (χ1n) is 6.42. The van der Waals surface area contributed by atoms with Crippen LogP contribution in [0, 0.1) is 13.8 Å². The minimum absolute atomic E-state index is 0.473. The van der Waals surface area contributed by atoms with Crippen molar-refractivity contribution in [1.82, 2.24) is 9.38 Å². The Kier molecular flexibility index (Phi) is 2.84. The molecule has 0 atom stereocenters. The van der Waals surface area contributed by atoms with Crippen molar-refractivity contribution in [2.45, 2.75) is 20.4 Å². The van der Waals surface area contributed by atoms with E-state index in [-0.39, 0.29) is 0 Å². The number of aryl methyl sites for hydroxylation is 2. The average molecular weight is 251 g/mol. The molecule has 0 aliphatic carbocycles. The van der Waals surface area contributed by atoms with Gasteiger partial charge < -0.3 is 10.1 Å². The number of fused-ring (bicyclic) bond motifs is 1. The molecule has 3 heteroatoms. The molecule has 1 aromatic carbocycles. The van der Waals surface area contributed by atoms with Crippen LogP contribution in [0.25, 0.3) is 16.6 Å². The first-order valence-corrected chi connectivity index (χ1v) is 6.42. The molecule has 0 bridgehead atoms. The van der Waals surface area contributed by atoms with Gasteiger partial charge in [0.2, 0.25) is 0 Å². The summed E-state index contributed by atoms with van der Waals surface area (Å²) in [6.45, 7) is 4.74. The normalized spacial score (nSPS) is 11.1. The van der Waals surface area contributed by atoms with Gasteiger partial charge in [0.1, 0.15) is 0 Å². The van der Waals surface area contributed by atoms with Crippen LogP contribution in [0.4, 0.5) is 0 Å². The predicted octanol–water partition coefficient (Wildman–Crippen LogP) is 3.08. The number of hydrogen-bond donors (Lipinski definition) is 1. The molecular weight excluding hydrogens is 234 g/mol. The van der Waals surface area contributed by atoms with Crippen LogP contribution in [-0.2, 0) is 6.54 Å². The fraction of sp³-hybridized carbons (Fsp3) is 0.188. The molecule has 3 nitrogen and oxygen atoms in total. The first kappa shape index (κ1) is 11.9. The minimum Gasteiger partial charge on any atom is -0.325 e. The summed E-state index contributed by atoms with van der Waals surface area (Å²) in [4.78, 5) is 4.31. The van der Waals surface area contributed by atoms with Gasteiger partial charge in [-0.25, -0.2) is 4.98 Å². The van der Waals surface area contributed by atoms with Crippen molar-refractivity contribution in [3.63, 3.8) is 0 Å². The van der Waals surface area contributed by atoms with E-state index in [1.165, 1.54) is 22.3 Å². The molecule has 3 aromatic rings. The third kappa shape index (κ3) is 2.13. The monoisotopic (exact) mass is 251 g/mol. The Bertz CT molecular complexity index is 741. The largest absolute Gasteiger partial charge is 0.325 e. The Hall–Kier alpha value is -2.13. The van der Waals surface area contributed by atoms with E-state index in [0.717, 1.165) is 11.2 Å². The van der Waals surface area contributed by atoms with Crippen molar-refractivity contribution in [2.24, 2.45) is 5.73 Å². The molecule has 2 aromatic heterocycles. The Morgan fingerprint density at radius 3 is 2.74 bits per heavy atom. The maximum absolute atomic E-state index is 5.63. The van der Waals surface area contributed by atoms with Gasteiger partial charge in [0.05, 0.1) is 12.0 Å². The molecule has 0 aliphatic rings. The van der Waals surface area contributed by atoms with Gasteiger partial charge in [-0.1, -0.05) is 23.8 Å². The SMILES string of the molecule is Cc1ccc(-c2cc3cc(CN)ncn3c2)c(C)c1. The van der Waals surface area contributed by atoms with Gasteiger partial charge >= 0.3 is 0 Å². The summed E-state index contributed by atoms with van der Waals surface area (Å²) < 4.78 is 2.04. The molecule has 19 heavy (non-hydrogen) atoms. The molecule has 2 N–H and O–H groups in total. The Labute approximate surface area is 112 Å². The van der Waals surface area contributed by atoms with Crippen LogP contribution in [0.1, 0.15) is 16.8 Å². The van der Waals surface area contributed by atoms with Crippen LogP contribution in [0.3, 0.4) is 0 Å². The van der Waals surface area contributed by atoms with Crippen molar-refractivity contribution in [2.75, 3.05) is 0 Å². The van der Waals surface area contributed by atoms with Crippen LogP contribution >= 0.6 is 0 Å². The third-order valence-corrected chi connectivity index (χ3v) is 3.44. The smallest absolute Gasteiger partial charge is 0.0994 e. The molecular formula is C16H17N3. The number of nitrogens with zero attached hydrogens (tertiary/aromatic N) is 2. The van der Waals surface area contributed by atoms with Crippen molar-refractivity contribution in [1.29, 1.82) is 0 Å². The van der Waals surface area contributed by atoms with Crippen LogP contribution in [0.15, 0.2) is 42.9 Å². The maximum atomic E-state index is 5.63. The lowest BCUT2D eigenvalue weighted by atomic mass is 10.0. The Morgan fingerprint density at radius 2 is 2.00 bits per heavy atom. The van der Waals surface area contributed by atoms with E-state index in [9.17, 15) is 0 Å². The molecule has 3 rings (SSSR count). The highest BCUT2D eigenvalue weighted by atomic mass is 14.9. The fourth-order valence-corrected chi connectivity index (χ4v) is 2.45. The molecule has 0 saturated heterocycles. The van der Waals surface area contributed by atoms with Crippen molar-refractivity contribution in [3.8, 4) is 11.1 Å². The number of nitrogens with two attached hydrogens (primary N) is 1. The minimum atomic E-state index is 0.473. The lowest BCUT2D eigenvalue weighted by Crippen LogP contribution is -2.00. The lowest BCUT2D eigenvalue weighted by molar-refractivity contribution is 0.953. The predicted molar refractivity (Wildman–Crippen MR) is 78.0 cm³/mol. The van der Waals surface area contributed by atoms with Gasteiger partial charge in [0.25, 0.3) is 0 Å². The van der Waals surface area contributed by atoms with E-state index in [2.05, 4.69) is 49.3 Å². The standard InChI is InChI=1S/C16H17N3/c1-11-3-4-16(12(2)5-11)13-6-15-7-14(8-17)18-10-19(15)9-13/h3-7,9-10H,8,17H2,1-2H3. The summed E-state index contributed by atoms with van der Waals surface area (Å²) in [5.74, 6) is 0. The summed E-state index contributed by atoms with van der Waals surface area (Å²) in [6.07, 6.45) is 3.94. The van der Waals surface area contributed by atoms with E-state index in [1.54, 1.807) is 0 Å². The zero-order valence-corrected chi connectivity index (χ0v) is 11.2. The molecule has 0 aliphatic heterocycles. The van der Waals surface area contributed by atoms with E-state index in [0.29, 0.717) is 6.54 Å². The van der Waals surface area contributed by atoms with Gasteiger partial charge in [-0.2, -0.15) is 0 Å². The quantitative estimate of drug-likeness (QED) is 0.760. The van der Waals surface area contributed by atoms with E-state index < -0.39 is 0 Å². The molecule has 2 heterocycles. The fourth-order valence-electron chi connectivity index (χ4n) is 2.45. The zero-order valence-electron chi connectivity index (χ0n) is 11.2. The molecule has 96 valence electrons. The summed E-state index contributed by atoms with van der Waals surface area (Å²) in [5, 5.41) is 0.